The van der Waals surface area contributed by atoms with E-state index >= 15 is 0 Å². The van der Waals surface area contributed by atoms with E-state index in [9.17, 15) is 0 Å². The number of nitrogens with one attached hydrogen (secondary N) is 1. The van der Waals surface area contributed by atoms with Crippen LogP contribution in [0.3, 0.4) is 0 Å². The Morgan fingerprint density at radius 1 is 1.05 bits per heavy atom. The molecule has 1 atom stereocenters. The van der Waals surface area contributed by atoms with Gasteiger partial charge in [0, 0.05) is 18.2 Å². The summed E-state index contributed by atoms with van der Waals surface area (Å²) in [5.74, 6) is 1.84. The van der Waals surface area contributed by atoms with Crippen LogP contribution in [0.15, 0.2) is 48.5 Å². The minimum atomic E-state index is 0.269. The molecule has 21 heavy (non-hydrogen) atoms. The molecule has 0 radical (unpaired) electrons. The minimum absolute atomic E-state index is 0.269. The van der Waals surface area contributed by atoms with Crippen molar-refractivity contribution in [1.82, 2.24) is 5.32 Å². The van der Waals surface area contributed by atoms with Gasteiger partial charge in [-0.1, -0.05) is 30.3 Å². The van der Waals surface area contributed by atoms with E-state index in [0.29, 0.717) is 6.61 Å². The van der Waals surface area contributed by atoms with Crippen molar-refractivity contribution in [3.63, 3.8) is 0 Å². The Bertz CT molecular complexity index is 551. The van der Waals surface area contributed by atoms with Gasteiger partial charge < -0.3 is 14.8 Å². The SMILES string of the molecule is CCOc1ccccc1CNC(C)c1ccc(OC)cc1. The highest BCUT2D eigenvalue weighted by Gasteiger charge is 2.07. The monoisotopic (exact) mass is 285 g/mol. The van der Waals surface area contributed by atoms with Gasteiger partial charge in [0.2, 0.25) is 0 Å². The summed E-state index contributed by atoms with van der Waals surface area (Å²) in [4.78, 5) is 0. The topological polar surface area (TPSA) is 30.5 Å². The Morgan fingerprint density at radius 3 is 2.43 bits per heavy atom. The first kappa shape index (κ1) is 15.4. The molecule has 0 fully saturated rings. The van der Waals surface area contributed by atoms with Gasteiger partial charge in [0.05, 0.1) is 13.7 Å². The first-order chi connectivity index (χ1) is 10.2. The molecule has 0 spiro atoms. The van der Waals surface area contributed by atoms with Gasteiger partial charge in [-0.3, -0.25) is 0 Å². The highest BCUT2D eigenvalue weighted by Crippen LogP contribution is 2.21. The van der Waals surface area contributed by atoms with E-state index in [0.717, 1.165) is 18.0 Å². The summed E-state index contributed by atoms with van der Waals surface area (Å²) in [6, 6.07) is 16.6. The maximum absolute atomic E-state index is 5.65. The molecule has 3 nitrogen and oxygen atoms in total. The molecule has 0 aliphatic carbocycles. The van der Waals surface area contributed by atoms with Crippen molar-refractivity contribution in [3.8, 4) is 11.5 Å². The highest BCUT2D eigenvalue weighted by atomic mass is 16.5. The third kappa shape index (κ3) is 4.23. The van der Waals surface area contributed by atoms with Crippen LogP contribution in [0.4, 0.5) is 0 Å². The Labute approximate surface area is 126 Å². The average molecular weight is 285 g/mol. The fraction of sp³-hybridized carbons (Fsp3) is 0.333. The summed E-state index contributed by atoms with van der Waals surface area (Å²) in [6.45, 7) is 5.63. The first-order valence-electron chi connectivity index (χ1n) is 7.32. The van der Waals surface area contributed by atoms with Crippen molar-refractivity contribution < 1.29 is 9.47 Å². The van der Waals surface area contributed by atoms with Crippen molar-refractivity contribution in [3.05, 3.63) is 59.7 Å². The number of methoxy groups -OCH3 is 1. The van der Waals surface area contributed by atoms with Crippen LogP contribution in [0.1, 0.15) is 31.0 Å². The normalized spacial score (nSPS) is 12.0. The van der Waals surface area contributed by atoms with Gasteiger partial charge in [-0.15, -0.1) is 0 Å². The molecule has 1 N–H and O–H groups in total. The molecule has 0 saturated heterocycles. The van der Waals surface area contributed by atoms with Gasteiger partial charge in [-0.2, -0.15) is 0 Å². The minimum Gasteiger partial charge on any atom is -0.497 e. The zero-order valence-corrected chi connectivity index (χ0v) is 12.9. The molecule has 2 aromatic carbocycles. The second kappa shape index (κ2) is 7.70. The maximum atomic E-state index is 5.65. The molecule has 1 unspecified atom stereocenters. The van der Waals surface area contributed by atoms with E-state index in [1.54, 1.807) is 7.11 Å². The number of para-hydroxylation sites is 1. The predicted octanol–water partition coefficient (Wildman–Crippen LogP) is 3.94. The van der Waals surface area contributed by atoms with Gasteiger partial charge in [0.1, 0.15) is 11.5 Å². The average Bonchev–Trinajstić information content (AvgIpc) is 2.54. The summed E-state index contributed by atoms with van der Waals surface area (Å²) in [6.07, 6.45) is 0. The molecule has 0 saturated carbocycles. The number of ether oxygens (including phenoxy) is 2. The Balaban J connectivity index is 1.98. The maximum Gasteiger partial charge on any atom is 0.123 e. The Morgan fingerprint density at radius 2 is 1.76 bits per heavy atom. The van der Waals surface area contributed by atoms with Crippen LogP contribution < -0.4 is 14.8 Å². The molecule has 0 aliphatic rings. The molecule has 0 amide bonds. The third-order valence-corrected chi connectivity index (χ3v) is 3.49. The smallest absolute Gasteiger partial charge is 0.123 e. The van der Waals surface area contributed by atoms with Gasteiger partial charge in [-0.25, -0.2) is 0 Å². The van der Waals surface area contributed by atoms with E-state index in [1.807, 2.05) is 37.3 Å². The molecule has 112 valence electrons. The van der Waals surface area contributed by atoms with E-state index in [2.05, 4.69) is 30.4 Å². The van der Waals surface area contributed by atoms with Crippen molar-refractivity contribution in [2.45, 2.75) is 26.4 Å². The molecule has 0 aliphatic heterocycles. The highest BCUT2D eigenvalue weighted by molar-refractivity contribution is 5.33. The summed E-state index contributed by atoms with van der Waals surface area (Å²) in [5.41, 5.74) is 2.42. The molecule has 3 heteroatoms. The summed E-state index contributed by atoms with van der Waals surface area (Å²) in [7, 11) is 1.68. The quantitative estimate of drug-likeness (QED) is 0.835. The van der Waals surface area contributed by atoms with Crippen molar-refractivity contribution in [2.24, 2.45) is 0 Å². The van der Waals surface area contributed by atoms with Crippen LogP contribution in [0.25, 0.3) is 0 Å². The van der Waals surface area contributed by atoms with Crippen LogP contribution in [0.5, 0.6) is 11.5 Å². The van der Waals surface area contributed by atoms with Crippen molar-refractivity contribution in [1.29, 1.82) is 0 Å². The largest absolute Gasteiger partial charge is 0.497 e. The van der Waals surface area contributed by atoms with Crippen LogP contribution in [0, 0.1) is 0 Å². The van der Waals surface area contributed by atoms with Gasteiger partial charge in [-0.05, 0) is 37.6 Å². The lowest BCUT2D eigenvalue weighted by Crippen LogP contribution is -2.18. The van der Waals surface area contributed by atoms with Crippen LogP contribution >= 0.6 is 0 Å². The standard InChI is InChI=1S/C18H23NO2/c1-4-21-18-8-6-5-7-16(18)13-19-14(2)15-9-11-17(20-3)12-10-15/h5-12,14,19H,4,13H2,1-3H3. The second-order valence-electron chi connectivity index (χ2n) is 4.92. The zero-order valence-electron chi connectivity index (χ0n) is 12.9. The molecule has 0 aromatic heterocycles. The number of hydrogen-bond acceptors (Lipinski definition) is 3. The molecule has 2 rings (SSSR count). The van der Waals surface area contributed by atoms with Gasteiger partial charge in [0.15, 0.2) is 0 Å². The Hall–Kier alpha value is -2.00. The van der Waals surface area contributed by atoms with Crippen molar-refractivity contribution >= 4 is 0 Å². The van der Waals surface area contributed by atoms with Gasteiger partial charge >= 0.3 is 0 Å². The number of hydrogen-bond donors (Lipinski definition) is 1. The lowest BCUT2D eigenvalue weighted by molar-refractivity contribution is 0.335. The molecular weight excluding hydrogens is 262 g/mol. The second-order valence-corrected chi connectivity index (χ2v) is 4.92. The third-order valence-electron chi connectivity index (χ3n) is 3.49. The van der Waals surface area contributed by atoms with Crippen LogP contribution in [0.2, 0.25) is 0 Å². The lowest BCUT2D eigenvalue weighted by Gasteiger charge is -2.16. The molecule has 0 heterocycles. The van der Waals surface area contributed by atoms with E-state index in [1.165, 1.54) is 11.1 Å². The van der Waals surface area contributed by atoms with Crippen LogP contribution in [-0.4, -0.2) is 13.7 Å². The summed E-state index contributed by atoms with van der Waals surface area (Å²) >= 11 is 0. The predicted molar refractivity (Wildman–Crippen MR) is 85.9 cm³/mol. The number of rotatable bonds is 7. The summed E-state index contributed by atoms with van der Waals surface area (Å²) in [5, 5.41) is 3.53. The molecule has 2 aromatic rings. The van der Waals surface area contributed by atoms with E-state index in [4.69, 9.17) is 9.47 Å². The summed E-state index contributed by atoms with van der Waals surface area (Å²) < 4.78 is 10.8. The van der Waals surface area contributed by atoms with Crippen molar-refractivity contribution in [2.75, 3.05) is 13.7 Å². The van der Waals surface area contributed by atoms with E-state index < -0.39 is 0 Å². The molecule has 0 bridgehead atoms. The lowest BCUT2D eigenvalue weighted by atomic mass is 10.1. The fourth-order valence-electron chi connectivity index (χ4n) is 2.22. The van der Waals surface area contributed by atoms with Crippen LogP contribution in [-0.2, 0) is 6.54 Å². The van der Waals surface area contributed by atoms with E-state index in [-0.39, 0.29) is 6.04 Å². The zero-order chi connectivity index (χ0) is 15.1. The number of benzene rings is 2. The fourth-order valence-corrected chi connectivity index (χ4v) is 2.22. The van der Waals surface area contributed by atoms with Gasteiger partial charge in [0.25, 0.3) is 0 Å². The molecular formula is C18H23NO2. The Kier molecular flexibility index (Phi) is 5.64. The first-order valence-corrected chi connectivity index (χ1v) is 7.32.